The van der Waals surface area contributed by atoms with E-state index >= 15 is 0 Å². The van der Waals surface area contributed by atoms with Crippen molar-refractivity contribution in [3.63, 3.8) is 0 Å². The highest BCUT2D eigenvalue weighted by atomic mass is 32.2. The van der Waals surface area contributed by atoms with Crippen molar-refractivity contribution < 1.29 is 16.8 Å². The van der Waals surface area contributed by atoms with Gasteiger partial charge in [0.05, 0.1) is 21.7 Å². The Morgan fingerprint density at radius 1 is 1.12 bits per heavy atom. The molecule has 1 aromatic rings. The third-order valence-corrected chi connectivity index (χ3v) is 9.35. The second kappa shape index (κ2) is 7.96. The van der Waals surface area contributed by atoms with Crippen LogP contribution in [0, 0.1) is 0 Å². The van der Waals surface area contributed by atoms with Gasteiger partial charge in [0.2, 0.25) is 0 Å². The van der Waals surface area contributed by atoms with Gasteiger partial charge >= 0.3 is 0 Å². The minimum Gasteiger partial charge on any atom is -0.310 e. The van der Waals surface area contributed by atoms with Crippen molar-refractivity contribution >= 4 is 19.7 Å². The lowest BCUT2D eigenvalue weighted by Gasteiger charge is -2.38. The molecule has 1 fully saturated rings. The van der Waals surface area contributed by atoms with E-state index in [9.17, 15) is 16.8 Å². The molecule has 2 rings (SSSR count). The van der Waals surface area contributed by atoms with Crippen molar-refractivity contribution in [3.05, 3.63) is 30.3 Å². The van der Waals surface area contributed by atoms with E-state index in [0.717, 1.165) is 13.1 Å². The van der Waals surface area contributed by atoms with Gasteiger partial charge in [0, 0.05) is 18.1 Å². The normalized spacial score (nSPS) is 23.4. The topological polar surface area (TPSA) is 83.6 Å². The molecule has 1 aromatic carbocycles. The lowest BCUT2D eigenvalue weighted by molar-refractivity contribution is 0.130. The van der Waals surface area contributed by atoms with E-state index in [2.05, 4.69) is 37.9 Å². The van der Waals surface area contributed by atoms with Gasteiger partial charge < -0.3 is 5.32 Å². The summed E-state index contributed by atoms with van der Waals surface area (Å²) in [5.41, 5.74) is -0.198. The summed E-state index contributed by atoms with van der Waals surface area (Å²) in [4.78, 5) is 2.45. The average Bonchev–Trinajstić information content (AvgIpc) is 2.90. The van der Waals surface area contributed by atoms with E-state index in [1.54, 1.807) is 18.2 Å². The molecule has 6 nitrogen and oxygen atoms in total. The SMILES string of the molecule is CCN(CC)C(C)(C)CN[C@H]1CS(=O)(=O)C[C@@H]1S(=O)(=O)c1ccccc1. The average molecular weight is 403 g/mol. The molecule has 8 heteroatoms. The Labute approximate surface area is 157 Å². The third kappa shape index (κ3) is 4.65. The highest BCUT2D eigenvalue weighted by Crippen LogP contribution is 2.26. The second-order valence-electron chi connectivity index (χ2n) is 7.45. The van der Waals surface area contributed by atoms with Crippen LogP contribution in [0.4, 0.5) is 0 Å². The van der Waals surface area contributed by atoms with Gasteiger partial charge in [-0.3, -0.25) is 4.90 Å². The van der Waals surface area contributed by atoms with E-state index in [1.807, 2.05) is 0 Å². The van der Waals surface area contributed by atoms with E-state index in [-0.39, 0.29) is 21.9 Å². The fraction of sp³-hybridized carbons (Fsp3) is 0.667. The van der Waals surface area contributed by atoms with Gasteiger partial charge in [-0.25, -0.2) is 16.8 Å². The first-order valence-corrected chi connectivity index (χ1v) is 12.4. The van der Waals surface area contributed by atoms with Crippen molar-refractivity contribution in [1.82, 2.24) is 10.2 Å². The molecule has 0 amide bonds. The summed E-state index contributed by atoms with van der Waals surface area (Å²) < 4.78 is 50.3. The van der Waals surface area contributed by atoms with Crippen LogP contribution in [0.5, 0.6) is 0 Å². The molecule has 1 heterocycles. The molecule has 1 aliphatic heterocycles. The van der Waals surface area contributed by atoms with Gasteiger partial charge in [0.15, 0.2) is 19.7 Å². The van der Waals surface area contributed by atoms with Crippen molar-refractivity contribution in [3.8, 4) is 0 Å². The van der Waals surface area contributed by atoms with E-state index < -0.39 is 31.0 Å². The number of sulfone groups is 2. The summed E-state index contributed by atoms with van der Waals surface area (Å²) in [6, 6.07) is 7.51. The molecule has 0 radical (unpaired) electrons. The van der Waals surface area contributed by atoms with Crippen molar-refractivity contribution in [2.45, 2.75) is 49.4 Å². The van der Waals surface area contributed by atoms with Crippen LogP contribution in [0.2, 0.25) is 0 Å². The maximum Gasteiger partial charge on any atom is 0.183 e. The molecular weight excluding hydrogens is 372 g/mol. The van der Waals surface area contributed by atoms with Gasteiger partial charge in [-0.2, -0.15) is 0 Å². The lowest BCUT2D eigenvalue weighted by atomic mass is 10.0. The van der Waals surface area contributed by atoms with Crippen molar-refractivity contribution in [2.24, 2.45) is 0 Å². The molecule has 0 spiro atoms. The first kappa shape index (κ1) is 21.3. The summed E-state index contributed by atoms with van der Waals surface area (Å²) in [5.74, 6) is -0.467. The molecule has 0 saturated carbocycles. The minimum atomic E-state index is -3.71. The summed E-state index contributed by atoms with van der Waals surface area (Å²) in [7, 11) is -7.10. The fourth-order valence-electron chi connectivity index (χ4n) is 3.67. The smallest absolute Gasteiger partial charge is 0.183 e. The maximum atomic E-state index is 13.0. The minimum absolute atomic E-state index is 0.141. The van der Waals surface area contributed by atoms with Gasteiger partial charge in [0.1, 0.15) is 0 Å². The molecule has 148 valence electrons. The number of nitrogens with one attached hydrogen (secondary N) is 1. The highest BCUT2D eigenvalue weighted by Gasteiger charge is 2.46. The number of hydrogen-bond acceptors (Lipinski definition) is 6. The molecule has 1 aliphatic rings. The Morgan fingerprint density at radius 2 is 1.69 bits per heavy atom. The lowest BCUT2D eigenvalue weighted by Crippen LogP contribution is -2.54. The predicted octanol–water partition coefficient (Wildman–Crippen LogP) is 1.34. The summed E-state index contributed by atoms with van der Waals surface area (Å²) >= 11 is 0. The van der Waals surface area contributed by atoms with Crippen LogP contribution in [0.1, 0.15) is 27.7 Å². The zero-order valence-electron chi connectivity index (χ0n) is 16.0. The summed E-state index contributed by atoms with van der Waals surface area (Å²) in [5, 5.41) is 2.30. The Balaban J connectivity index is 2.24. The van der Waals surface area contributed by atoms with E-state index in [1.165, 1.54) is 12.1 Å². The van der Waals surface area contributed by atoms with Crippen LogP contribution in [0.3, 0.4) is 0 Å². The maximum absolute atomic E-state index is 13.0. The Bertz CT molecular complexity index is 801. The van der Waals surface area contributed by atoms with E-state index in [0.29, 0.717) is 6.54 Å². The van der Waals surface area contributed by atoms with Crippen LogP contribution in [-0.2, 0) is 19.7 Å². The van der Waals surface area contributed by atoms with Gasteiger partial charge in [-0.1, -0.05) is 32.0 Å². The van der Waals surface area contributed by atoms with Crippen LogP contribution in [-0.4, -0.2) is 69.7 Å². The summed E-state index contributed by atoms with van der Waals surface area (Å²) in [6.45, 7) is 10.6. The number of likely N-dealkylation sites (N-methyl/N-ethyl adjacent to an activating group) is 1. The standard InChI is InChI=1S/C18H30N2O4S2/c1-5-20(6-2)18(3,4)14-19-16-12-25(21,22)13-17(16)26(23,24)15-10-8-7-9-11-15/h7-11,16-17,19H,5-6,12-14H2,1-4H3/t16-,17-/m0/s1. The number of hydrogen-bond donors (Lipinski definition) is 1. The molecule has 26 heavy (non-hydrogen) atoms. The first-order valence-electron chi connectivity index (χ1n) is 9.01. The van der Waals surface area contributed by atoms with Crippen molar-refractivity contribution in [2.75, 3.05) is 31.1 Å². The quantitative estimate of drug-likeness (QED) is 0.706. The monoisotopic (exact) mass is 402 g/mol. The zero-order valence-corrected chi connectivity index (χ0v) is 17.6. The molecule has 2 atom stereocenters. The Kier molecular flexibility index (Phi) is 6.53. The number of nitrogens with zero attached hydrogens (tertiary/aromatic N) is 1. The van der Waals surface area contributed by atoms with Gasteiger partial charge in [-0.15, -0.1) is 0 Å². The van der Waals surface area contributed by atoms with Crippen LogP contribution >= 0.6 is 0 Å². The largest absolute Gasteiger partial charge is 0.310 e. The van der Waals surface area contributed by atoms with Gasteiger partial charge in [0.25, 0.3) is 0 Å². The van der Waals surface area contributed by atoms with E-state index in [4.69, 9.17) is 0 Å². The molecule has 0 aliphatic carbocycles. The Hall–Kier alpha value is -0.960. The Morgan fingerprint density at radius 3 is 2.23 bits per heavy atom. The molecule has 1 saturated heterocycles. The zero-order chi connectivity index (χ0) is 19.6. The fourth-order valence-corrected chi connectivity index (χ4v) is 8.41. The number of rotatable bonds is 8. The van der Waals surface area contributed by atoms with Crippen LogP contribution < -0.4 is 5.32 Å². The predicted molar refractivity (Wildman–Crippen MR) is 105 cm³/mol. The molecule has 0 unspecified atom stereocenters. The van der Waals surface area contributed by atoms with Gasteiger partial charge in [-0.05, 0) is 39.1 Å². The third-order valence-electron chi connectivity index (χ3n) is 5.19. The van der Waals surface area contributed by atoms with Crippen LogP contribution in [0.25, 0.3) is 0 Å². The van der Waals surface area contributed by atoms with Crippen molar-refractivity contribution in [1.29, 1.82) is 0 Å². The highest BCUT2D eigenvalue weighted by molar-refractivity contribution is 7.96. The summed E-state index contributed by atoms with van der Waals surface area (Å²) in [6.07, 6.45) is 0. The second-order valence-corrected chi connectivity index (χ2v) is 11.8. The molecule has 1 N–H and O–H groups in total. The number of benzene rings is 1. The van der Waals surface area contributed by atoms with Crippen LogP contribution in [0.15, 0.2) is 35.2 Å². The first-order chi connectivity index (χ1) is 12.0. The molecular formula is C18H30N2O4S2. The molecule has 0 bridgehead atoms. The molecule has 0 aromatic heterocycles.